The van der Waals surface area contributed by atoms with Crippen molar-refractivity contribution in [2.24, 2.45) is 5.10 Å². The molecule has 0 radical (unpaired) electrons. The summed E-state index contributed by atoms with van der Waals surface area (Å²) in [6.07, 6.45) is 1.22. The zero-order chi connectivity index (χ0) is 20.5. The van der Waals surface area contributed by atoms with Crippen LogP contribution in [0.15, 0.2) is 47.6 Å². The van der Waals surface area contributed by atoms with Gasteiger partial charge in [0.1, 0.15) is 17.1 Å². The Morgan fingerprint density at radius 3 is 2.54 bits per heavy atom. The number of carbonyl (C=O) groups is 3. The van der Waals surface area contributed by atoms with Gasteiger partial charge in [0.25, 0.3) is 0 Å². The van der Waals surface area contributed by atoms with Gasteiger partial charge in [-0.15, -0.1) is 0 Å². The predicted molar refractivity (Wildman–Crippen MR) is 102 cm³/mol. The number of nitrogens with one attached hydrogen (secondary N) is 2. The Labute approximate surface area is 161 Å². The molecule has 9 nitrogen and oxygen atoms in total. The molecule has 28 heavy (non-hydrogen) atoms. The lowest BCUT2D eigenvalue weighted by atomic mass is 10.1. The van der Waals surface area contributed by atoms with Crippen LogP contribution >= 0.6 is 0 Å². The second-order valence-corrected chi connectivity index (χ2v) is 5.35. The predicted octanol–water partition coefficient (Wildman–Crippen LogP) is 1.88. The first kappa shape index (κ1) is 20.4. The number of anilines is 1. The fourth-order valence-corrected chi connectivity index (χ4v) is 2.22. The topological polar surface area (TPSA) is 126 Å². The molecule has 0 aliphatic carbocycles. The van der Waals surface area contributed by atoms with Gasteiger partial charge in [-0.1, -0.05) is 12.1 Å². The maximum absolute atomic E-state index is 11.9. The molecule has 0 heterocycles. The van der Waals surface area contributed by atoms with E-state index in [0.717, 1.165) is 0 Å². The van der Waals surface area contributed by atoms with Crippen molar-refractivity contribution in [1.29, 1.82) is 0 Å². The largest absolute Gasteiger partial charge is 0.495 e. The molecule has 2 rings (SSSR count). The number of para-hydroxylation sites is 2. The van der Waals surface area contributed by atoms with Crippen LogP contribution in [0, 0.1) is 0 Å². The van der Waals surface area contributed by atoms with E-state index in [2.05, 4.69) is 15.8 Å². The summed E-state index contributed by atoms with van der Waals surface area (Å²) >= 11 is 0. The van der Waals surface area contributed by atoms with Crippen LogP contribution in [0.4, 0.5) is 5.69 Å². The Hall–Kier alpha value is -3.88. The van der Waals surface area contributed by atoms with Gasteiger partial charge in [0, 0.05) is 0 Å². The van der Waals surface area contributed by atoms with Gasteiger partial charge >= 0.3 is 17.8 Å². The molecular weight excluding hydrogens is 366 g/mol. The van der Waals surface area contributed by atoms with Crippen molar-refractivity contribution in [1.82, 2.24) is 5.43 Å². The van der Waals surface area contributed by atoms with Crippen molar-refractivity contribution in [3.8, 4) is 11.5 Å². The van der Waals surface area contributed by atoms with Crippen LogP contribution in [0.3, 0.4) is 0 Å². The van der Waals surface area contributed by atoms with E-state index in [1.54, 1.807) is 37.3 Å². The molecule has 9 heteroatoms. The third kappa shape index (κ3) is 5.31. The quantitative estimate of drug-likeness (QED) is 0.379. The van der Waals surface area contributed by atoms with E-state index in [1.807, 2.05) is 0 Å². The highest BCUT2D eigenvalue weighted by Gasteiger charge is 2.15. The first-order valence-corrected chi connectivity index (χ1v) is 8.23. The van der Waals surface area contributed by atoms with Gasteiger partial charge in [0.15, 0.2) is 0 Å². The standard InChI is InChI=1S/C19H19N3O6/c1-3-28-15-9-8-12(10-13(15)19(25)26)11-20-22-18(24)17(23)21-14-6-4-5-7-16(14)27-2/h4-11H,3H2,1-2H3,(H,21,23)(H,22,24)(H,25,26)/b20-11-. The summed E-state index contributed by atoms with van der Waals surface area (Å²) in [7, 11) is 1.44. The van der Waals surface area contributed by atoms with Crippen molar-refractivity contribution in [3.05, 3.63) is 53.6 Å². The number of carboxylic acid groups (broad SMARTS) is 1. The summed E-state index contributed by atoms with van der Waals surface area (Å²) in [6.45, 7) is 2.07. The molecule has 0 atom stereocenters. The number of hydrogen-bond donors (Lipinski definition) is 3. The summed E-state index contributed by atoms with van der Waals surface area (Å²) in [6, 6.07) is 11.0. The molecule has 0 bridgehead atoms. The van der Waals surface area contributed by atoms with E-state index in [1.165, 1.54) is 25.5 Å². The summed E-state index contributed by atoms with van der Waals surface area (Å²) < 4.78 is 10.3. The van der Waals surface area contributed by atoms with Gasteiger partial charge in [0.05, 0.1) is 25.6 Å². The summed E-state index contributed by atoms with van der Waals surface area (Å²) in [5.74, 6) is -2.44. The molecule has 0 spiro atoms. The third-order valence-electron chi connectivity index (χ3n) is 3.47. The average molecular weight is 385 g/mol. The number of hydrogen-bond acceptors (Lipinski definition) is 6. The van der Waals surface area contributed by atoms with Gasteiger partial charge in [-0.3, -0.25) is 9.59 Å². The third-order valence-corrected chi connectivity index (χ3v) is 3.47. The first-order valence-electron chi connectivity index (χ1n) is 8.23. The minimum absolute atomic E-state index is 0.0361. The highest BCUT2D eigenvalue weighted by molar-refractivity contribution is 6.39. The van der Waals surface area contributed by atoms with Crippen molar-refractivity contribution in [3.63, 3.8) is 0 Å². The number of benzene rings is 2. The van der Waals surface area contributed by atoms with Crippen LogP contribution in [-0.4, -0.2) is 42.8 Å². The zero-order valence-corrected chi connectivity index (χ0v) is 15.3. The normalized spacial score (nSPS) is 10.4. The highest BCUT2D eigenvalue weighted by Crippen LogP contribution is 2.22. The van der Waals surface area contributed by atoms with E-state index >= 15 is 0 Å². The minimum Gasteiger partial charge on any atom is -0.495 e. The van der Waals surface area contributed by atoms with Crippen molar-refractivity contribution < 1.29 is 29.0 Å². The lowest BCUT2D eigenvalue weighted by Crippen LogP contribution is -2.32. The minimum atomic E-state index is -1.15. The summed E-state index contributed by atoms with van der Waals surface area (Å²) in [5.41, 5.74) is 2.79. The smallest absolute Gasteiger partial charge is 0.339 e. The van der Waals surface area contributed by atoms with Crippen molar-refractivity contribution in [2.75, 3.05) is 19.0 Å². The summed E-state index contributed by atoms with van der Waals surface area (Å²) in [5, 5.41) is 15.3. The number of rotatable bonds is 7. The fourth-order valence-electron chi connectivity index (χ4n) is 2.22. The van der Waals surface area contributed by atoms with Crippen LogP contribution in [0.2, 0.25) is 0 Å². The fraction of sp³-hybridized carbons (Fsp3) is 0.158. The molecule has 0 aromatic heterocycles. The Morgan fingerprint density at radius 1 is 1.11 bits per heavy atom. The zero-order valence-electron chi connectivity index (χ0n) is 15.3. The maximum atomic E-state index is 11.9. The molecule has 0 saturated carbocycles. The van der Waals surface area contributed by atoms with Gasteiger partial charge in [-0.2, -0.15) is 5.10 Å². The van der Waals surface area contributed by atoms with Gasteiger partial charge in [-0.25, -0.2) is 10.2 Å². The monoisotopic (exact) mass is 385 g/mol. The van der Waals surface area contributed by atoms with Crippen LogP contribution in [-0.2, 0) is 9.59 Å². The Balaban J connectivity index is 2.01. The number of ether oxygens (including phenoxy) is 2. The van der Waals surface area contributed by atoms with Crippen LogP contribution < -0.4 is 20.2 Å². The molecule has 0 fully saturated rings. The van der Waals surface area contributed by atoms with Crippen LogP contribution in [0.1, 0.15) is 22.8 Å². The number of carboxylic acids is 1. The number of amides is 2. The van der Waals surface area contributed by atoms with E-state index in [-0.39, 0.29) is 11.3 Å². The average Bonchev–Trinajstić information content (AvgIpc) is 2.69. The molecule has 146 valence electrons. The number of carbonyl (C=O) groups excluding carboxylic acids is 2. The second-order valence-electron chi connectivity index (χ2n) is 5.35. The number of aromatic carboxylic acids is 1. The lowest BCUT2D eigenvalue weighted by Gasteiger charge is -2.08. The molecule has 0 aliphatic rings. The number of methoxy groups -OCH3 is 1. The SMILES string of the molecule is CCOc1ccc(/C=N\NC(=O)C(=O)Nc2ccccc2OC)cc1C(=O)O. The van der Waals surface area contributed by atoms with E-state index in [9.17, 15) is 19.5 Å². The first-order chi connectivity index (χ1) is 13.5. The van der Waals surface area contributed by atoms with Crippen molar-refractivity contribution in [2.45, 2.75) is 6.92 Å². The number of nitrogens with zero attached hydrogens (tertiary/aromatic N) is 1. The molecule has 3 N–H and O–H groups in total. The molecular formula is C19H19N3O6. The Morgan fingerprint density at radius 2 is 1.86 bits per heavy atom. The molecule has 0 aliphatic heterocycles. The van der Waals surface area contributed by atoms with Gasteiger partial charge in [-0.05, 0) is 42.8 Å². The second kappa shape index (κ2) is 9.72. The molecule has 0 unspecified atom stereocenters. The van der Waals surface area contributed by atoms with E-state index < -0.39 is 17.8 Å². The van der Waals surface area contributed by atoms with E-state index in [4.69, 9.17) is 9.47 Å². The molecule has 2 aromatic rings. The lowest BCUT2D eigenvalue weighted by molar-refractivity contribution is -0.136. The van der Waals surface area contributed by atoms with Crippen LogP contribution in [0.25, 0.3) is 0 Å². The van der Waals surface area contributed by atoms with Gasteiger partial charge < -0.3 is 19.9 Å². The highest BCUT2D eigenvalue weighted by atomic mass is 16.5. The molecule has 2 aromatic carbocycles. The number of hydrazone groups is 1. The van der Waals surface area contributed by atoms with Gasteiger partial charge in [0.2, 0.25) is 0 Å². The molecule has 2 amide bonds. The Kier molecular flexibility index (Phi) is 7.09. The van der Waals surface area contributed by atoms with Crippen LogP contribution in [0.5, 0.6) is 11.5 Å². The van der Waals surface area contributed by atoms with Crippen molar-refractivity contribution >= 4 is 29.7 Å². The summed E-state index contributed by atoms with van der Waals surface area (Å²) in [4.78, 5) is 35.1. The molecule has 0 saturated heterocycles. The maximum Gasteiger partial charge on any atom is 0.339 e. The van der Waals surface area contributed by atoms with E-state index in [0.29, 0.717) is 23.6 Å². The Bertz CT molecular complexity index is 910.